The molecule has 0 fully saturated rings. The van der Waals surface area contributed by atoms with Gasteiger partial charge in [-0.2, -0.15) is 0 Å². The fraction of sp³-hybridized carbons (Fsp3) is 0.429. The zero-order valence-electron chi connectivity index (χ0n) is 19.4. The normalized spacial score (nSPS) is 11.1. The molecule has 3 aromatic carbocycles. The topological polar surface area (TPSA) is 58.9 Å². The summed E-state index contributed by atoms with van der Waals surface area (Å²) in [5.41, 5.74) is 2.61. The van der Waals surface area contributed by atoms with E-state index in [2.05, 4.69) is 50.3 Å². The van der Waals surface area contributed by atoms with Crippen LogP contribution in [0.4, 0.5) is 0 Å². The summed E-state index contributed by atoms with van der Waals surface area (Å²) in [5.74, 6) is 1.77. The zero-order chi connectivity index (χ0) is 22.8. The average molecular weight is 437 g/mol. The van der Waals surface area contributed by atoms with Crippen molar-refractivity contribution in [3.05, 3.63) is 59.7 Å². The Morgan fingerprint density at radius 1 is 0.750 bits per heavy atom. The Bertz CT molecular complexity index is 1030. The van der Waals surface area contributed by atoms with Crippen LogP contribution in [0.25, 0.3) is 21.5 Å². The van der Waals surface area contributed by atoms with Crippen LogP contribution in [0.2, 0.25) is 0 Å². The van der Waals surface area contributed by atoms with Crippen molar-refractivity contribution in [3.63, 3.8) is 0 Å². The van der Waals surface area contributed by atoms with Gasteiger partial charge in [0.15, 0.2) is 0 Å². The highest BCUT2D eigenvalue weighted by Crippen LogP contribution is 2.43. The van der Waals surface area contributed by atoms with Gasteiger partial charge < -0.3 is 19.7 Å². The van der Waals surface area contributed by atoms with Crippen LogP contribution in [0.3, 0.4) is 0 Å². The van der Waals surface area contributed by atoms with Crippen LogP contribution in [0.1, 0.15) is 51.5 Å². The maximum Gasteiger partial charge on any atom is 0.135 e. The number of hydrogen-bond donors (Lipinski definition) is 2. The van der Waals surface area contributed by atoms with E-state index in [1.807, 2.05) is 12.1 Å². The molecule has 0 aliphatic carbocycles. The lowest BCUT2D eigenvalue weighted by atomic mass is 9.97. The Morgan fingerprint density at radius 3 is 1.88 bits per heavy atom. The van der Waals surface area contributed by atoms with Crippen molar-refractivity contribution in [1.82, 2.24) is 0 Å². The summed E-state index contributed by atoms with van der Waals surface area (Å²) in [6.07, 6.45) is 7.35. The number of aliphatic hydroxyl groups is 2. The number of fused-ring (bicyclic) bond motifs is 2. The van der Waals surface area contributed by atoms with Gasteiger partial charge in [0.05, 0.1) is 13.2 Å². The highest BCUT2D eigenvalue weighted by atomic mass is 16.5. The molecule has 4 heteroatoms. The number of allylic oxidation sites excluding steroid dienone is 2. The molecule has 0 unspecified atom stereocenters. The number of aliphatic hydroxyl groups excluding tert-OH is 2. The van der Waals surface area contributed by atoms with E-state index < -0.39 is 0 Å². The van der Waals surface area contributed by atoms with Gasteiger partial charge in [0.1, 0.15) is 11.5 Å². The minimum absolute atomic E-state index is 0.181. The van der Waals surface area contributed by atoms with Crippen LogP contribution in [0.5, 0.6) is 11.5 Å². The number of ether oxygens (including phenoxy) is 2. The first-order valence-corrected chi connectivity index (χ1v) is 11.7. The van der Waals surface area contributed by atoms with Crippen molar-refractivity contribution in [1.29, 1.82) is 0 Å². The molecule has 0 amide bonds. The molecule has 0 atom stereocenters. The molecule has 0 spiro atoms. The van der Waals surface area contributed by atoms with Gasteiger partial charge in [0.2, 0.25) is 0 Å². The monoisotopic (exact) mass is 436 g/mol. The smallest absolute Gasteiger partial charge is 0.135 e. The highest BCUT2D eigenvalue weighted by Gasteiger charge is 2.16. The van der Waals surface area contributed by atoms with E-state index in [-0.39, 0.29) is 13.2 Å². The SMILES string of the molecule is CC(C)=CCCc1ccc2c(OCCCCO)c3ccccc3c(OCCCCO)c2c1. The first-order valence-electron chi connectivity index (χ1n) is 11.7. The predicted molar refractivity (Wildman–Crippen MR) is 133 cm³/mol. The highest BCUT2D eigenvalue weighted by molar-refractivity contribution is 6.11. The predicted octanol–water partition coefficient (Wildman–Crippen LogP) is 6.19. The maximum atomic E-state index is 9.13. The summed E-state index contributed by atoms with van der Waals surface area (Å²) in [7, 11) is 0. The lowest BCUT2D eigenvalue weighted by molar-refractivity contribution is 0.254. The first-order chi connectivity index (χ1) is 15.7. The summed E-state index contributed by atoms with van der Waals surface area (Å²) >= 11 is 0. The van der Waals surface area contributed by atoms with Crippen molar-refractivity contribution >= 4 is 21.5 Å². The largest absolute Gasteiger partial charge is 0.492 e. The maximum absolute atomic E-state index is 9.13. The molecular weight excluding hydrogens is 400 g/mol. The number of aryl methyl sites for hydroxylation is 1. The average Bonchev–Trinajstić information content (AvgIpc) is 2.80. The van der Waals surface area contributed by atoms with E-state index in [9.17, 15) is 0 Å². The number of benzene rings is 3. The Morgan fingerprint density at radius 2 is 1.31 bits per heavy atom. The summed E-state index contributed by atoms with van der Waals surface area (Å²) in [5, 5.41) is 22.4. The van der Waals surface area contributed by atoms with Gasteiger partial charge in [-0.15, -0.1) is 0 Å². The lowest BCUT2D eigenvalue weighted by Crippen LogP contribution is -2.03. The second kappa shape index (κ2) is 12.5. The van der Waals surface area contributed by atoms with Crippen molar-refractivity contribution in [2.24, 2.45) is 0 Å². The third kappa shape index (κ3) is 6.24. The second-order valence-corrected chi connectivity index (χ2v) is 8.46. The fourth-order valence-corrected chi connectivity index (χ4v) is 3.92. The molecule has 2 N–H and O–H groups in total. The van der Waals surface area contributed by atoms with Crippen LogP contribution < -0.4 is 9.47 Å². The fourth-order valence-electron chi connectivity index (χ4n) is 3.92. The molecular formula is C28H36O4. The molecule has 0 saturated heterocycles. The van der Waals surface area contributed by atoms with Crippen LogP contribution in [-0.4, -0.2) is 36.6 Å². The quantitative estimate of drug-likeness (QED) is 0.190. The molecule has 0 aromatic heterocycles. The molecule has 0 radical (unpaired) electrons. The Balaban J connectivity index is 2.06. The molecule has 0 saturated carbocycles. The van der Waals surface area contributed by atoms with Crippen molar-refractivity contribution < 1.29 is 19.7 Å². The third-order valence-corrected chi connectivity index (χ3v) is 5.57. The van der Waals surface area contributed by atoms with Crippen molar-refractivity contribution in [2.45, 2.75) is 52.4 Å². The van der Waals surface area contributed by atoms with Crippen LogP contribution in [0, 0.1) is 0 Å². The third-order valence-electron chi connectivity index (χ3n) is 5.57. The van der Waals surface area contributed by atoms with Crippen LogP contribution in [0.15, 0.2) is 54.1 Å². The number of rotatable bonds is 13. The molecule has 3 aromatic rings. The Kier molecular flexibility index (Phi) is 9.39. The second-order valence-electron chi connectivity index (χ2n) is 8.46. The molecule has 3 rings (SSSR count). The van der Waals surface area contributed by atoms with E-state index >= 15 is 0 Å². The summed E-state index contributed by atoms with van der Waals surface area (Å²) < 4.78 is 12.6. The lowest BCUT2D eigenvalue weighted by Gasteiger charge is -2.18. The number of hydrogen-bond acceptors (Lipinski definition) is 4. The van der Waals surface area contributed by atoms with Gasteiger partial charge in [-0.1, -0.05) is 48.0 Å². The van der Waals surface area contributed by atoms with Crippen molar-refractivity contribution in [2.75, 3.05) is 26.4 Å². The molecule has 0 aliphatic rings. The molecule has 0 aliphatic heterocycles. The van der Waals surface area contributed by atoms with Gasteiger partial charge >= 0.3 is 0 Å². The van der Waals surface area contributed by atoms with Crippen LogP contribution in [-0.2, 0) is 6.42 Å². The summed E-state index contributed by atoms with van der Waals surface area (Å²) in [6.45, 7) is 5.76. The van der Waals surface area contributed by atoms with E-state index in [4.69, 9.17) is 19.7 Å². The van der Waals surface area contributed by atoms with Gasteiger partial charge in [0.25, 0.3) is 0 Å². The molecule has 32 heavy (non-hydrogen) atoms. The number of unbranched alkanes of at least 4 members (excludes halogenated alkanes) is 2. The van der Waals surface area contributed by atoms with E-state index in [0.717, 1.165) is 71.6 Å². The van der Waals surface area contributed by atoms with E-state index in [1.165, 1.54) is 11.1 Å². The minimum Gasteiger partial charge on any atom is -0.492 e. The molecule has 4 nitrogen and oxygen atoms in total. The molecule has 0 heterocycles. The zero-order valence-corrected chi connectivity index (χ0v) is 19.4. The summed E-state index contributed by atoms with van der Waals surface area (Å²) in [6, 6.07) is 14.8. The first kappa shape index (κ1) is 24.1. The van der Waals surface area contributed by atoms with Crippen LogP contribution >= 0.6 is 0 Å². The van der Waals surface area contributed by atoms with E-state index in [0.29, 0.717) is 13.2 Å². The van der Waals surface area contributed by atoms with E-state index in [1.54, 1.807) is 0 Å². The van der Waals surface area contributed by atoms with Gasteiger partial charge in [-0.05, 0) is 64.0 Å². The Hall–Kier alpha value is -2.56. The summed E-state index contributed by atoms with van der Waals surface area (Å²) in [4.78, 5) is 0. The minimum atomic E-state index is 0.181. The van der Waals surface area contributed by atoms with Gasteiger partial charge in [-0.25, -0.2) is 0 Å². The standard InChI is InChI=1S/C28H36O4/c1-21(2)10-9-11-22-14-15-25-26(20-22)28(32-19-8-6-17-30)24-13-4-3-12-23(24)27(25)31-18-7-5-16-29/h3-4,10,12-15,20,29-30H,5-9,11,16-19H2,1-2H3. The van der Waals surface area contributed by atoms with Crippen molar-refractivity contribution in [3.8, 4) is 11.5 Å². The Labute approximate surface area is 191 Å². The van der Waals surface area contributed by atoms with Gasteiger partial charge in [0, 0.05) is 34.8 Å². The van der Waals surface area contributed by atoms with Gasteiger partial charge in [-0.3, -0.25) is 0 Å². The molecule has 172 valence electrons. The molecule has 0 bridgehead atoms.